The highest BCUT2D eigenvalue weighted by Gasteiger charge is 2.46. The minimum Gasteiger partial charge on any atom is -0.394 e. The van der Waals surface area contributed by atoms with Gasteiger partial charge in [0, 0.05) is 19.6 Å². The van der Waals surface area contributed by atoms with Gasteiger partial charge in [-0.1, -0.05) is 0 Å². The maximum Gasteiger partial charge on any atom is 0.317 e. The van der Waals surface area contributed by atoms with Gasteiger partial charge in [-0.3, -0.25) is 4.90 Å². The van der Waals surface area contributed by atoms with Gasteiger partial charge in [0.05, 0.1) is 32.0 Å². The molecule has 2 amide bonds. The monoisotopic (exact) mass is 365 g/mol. The van der Waals surface area contributed by atoms with E-state index in [-0.39, 0.29) is 37.2 Å². The number of hydrogen-bond donors (Lipinski definition) is 3. The van der Waals surface area contributed by atoms with Gasteiger partial charge in [0.15, 0.2) is 0 Å². The summed E-state index contributed by atoms with van der Waals surface area (Å²) in [4.78, 5) is 16.1. The number of morpholine rings is 1. The first-order valence-electron chi connectivity index (χ1n) is 8.49. The van der Waals surface area contributed by atoms with Crippen molar-refractivity contribution in [1.82, 2.24) is 15.1 Å². The molecule has 4 atom stereocenters. The van der Waals surface area contributed by atoms with Gasteiger partial charge in [-0.2, -0.15) is 0 Å². The van der Waals surface area contributed by atoms with Crippen LogP contribution in [-0.2, 0) is 9.47 Å². The van der Waals surface area contributed by atoms with Gasteiger partial charge in [0.25, 0.3) is 0 Å². The van der Waals surface area contributed by atoms with Gasteiger partial charge in [-0.25, -0.2) is 4.79 Å². The SMILES string of the molecule is Cl.O=C(NC[C@H]1O[C@@H](CO)[C@@H](O)[C@H]1N1CCCC1)N1CCOCC1. The summed E-state index contributed by atoms with van der Waals surface area (Å²) in [5, 5.41) is 22.7. The molecule has 3 saturated heterocycles. The van der Waals surface area contributed by atoms with E-state index in [2.05, 4.69) is 10.2 Å². The van der Waals surface area contributed by atoms with Crippen LogP contribution in [0.3, 0.4) is 0 Å². The van der Waals surface area contributed by atoms with Crippen molar-refractivity contribution in [3.05, 3.63) is 0 Å². The van der Waals surface area contributed by atoms with Crippen LogP contribution in [0.1, 0.15) is 12.8 Å². The van der Waals surface area contributed by atoms with Crippen LogP contribution in [0, 0.1) is 0 Å². The molecule has 0 saturated carbocycles. The lowest BCUT2D eigenvalue weighted by Gasteiger charge is -2.31. The quantitative estimate of drug-likeness (QED) is 0.594. The molecule has 3 fully saturated rings. The molecule has 3 aliphatic rings. The van der Waals surface area contributed by atoms with Crippen LogP contribution in [-0.4, -0.2) is 103 Å². The van der Waals surface area contributed by atoms with Gasteiger partial charge < -0.3 is 29.9 Å². The van der Waals surface area contributed by atoms with E-state index < -0.39 is 12.2 Å². The first-order valence-corrected chi connectivity index (χ1v) is 8.49. The molecule has 140 valence electrons. The van der Waals surface area contributed by atoms with Crippen LogP contribution in [0.2, 0.25) is 0 Å². The van der Waals surface area contributed by atoms with Crippen molar-refractivity contribution in [2.75, 3.05) is 52.5 Å². The lowest BCUT2D eigenvalue weighted by Crippen LogP contribution is -2.52. The highest BCUT2D eigenvalue weighted by molar-refractivity contribution is 5.85. The number of aliphatic hydroxyl groups excluding tert-OH is 2. The molecule has 0 aromatic rings. The molecule has 3 N–H and O–H groups in total. The van der Waals surface area contributed by atoms with E-state index in [0.717, 1.165) is 25.9 Å². The number of ether oxygens (including phenoxy) is 2. The second-order valence-electron chi connectivity index (χ2n) is 6.41. The third-order valence-electron chi connectivity index (χ3n) is 4.96. The zero-order chi connectivity index (χ0) is 16.2. The van der Waals surface area contributed by atoms with E-state index in [1.165, 1.54) is 0 Å². The maximum atomic E-state index is 12.2. The van der Waals surface area contributed by atoms with Gasteiger partial charge in [0.2, 0.25) is 0 Å². The van der Waals surface area contributed by atoms with E-state index in [1.54, 1.807) is 4.90 Å². The van der Waals surface area contributed by atoms with Crippen molar-refractivity contribution >= 4 is 18.4 Å². The fourth-order valence-corrected chi connectivity index (χ4v) is 3.70. The number of likely N-dealkylation sites (tertiary alicyclic amines) is 1. The summed E-state index contributed by atoms with van der Waals surface area (Å²) in [7, 11) is 0. The number of amides is 2. The number of nitrogens with one attached hydrogen (secondary N) is 1. The Morgan fingerprint density at radius 2 is 1.79 bits per heavy atom. The van der Waals surface area contributed by atoms with E-state index in [1.807, 2.05) is 0 Å². The minimum absolute atomic E-state index is 0. The lowest BCUT2D eigenvalue weighted by atomic mass is 10.0. The highest BCUT2D eigenvalue weighted by Crippen LogP contribution is 2.28. The van der Waals surface area contributed by atoms with Crippen LogP contribution in [0.4, 0.5) is 4.79 Å². The van der Waals surface area contributed by atoms with Gasteiger partial charge >= 0.3 is 6.03 Å². The van der Waals surface area contributed by atoms with Gasteiger partial charge in [-0.05, 0) is 25.9 Å². The molecule has 0 unspecified atom stereocenters. The van der Waals surface area contributed by atoms with E-state index in [4.69, 9.17) is 9.47 Å². The third-order valence-corrected chi connectivity index (χ3v) is 4.96. The van der Waals surface area contributed by atoms with E-state index in [9.17, 15) is 15.0 Å². The first kappa shape index (κ1) is 19.7. The molecular weight excluding hydrogens is 338 g/mol. The molecule has 0 aliphatic carbocycles. The van der Waals surface area contributed by atoms with Gasteiger partial charge in [-0.15, -0.1) is 12.4 Å². The second-order valence-corrected chi connectivity index (χ2v) is 6.41. The number of hydrogen-bond acceptors (Lipinski definition) is 6. The molecule has 3 heterocycles. The molecule has 3 rings (SSSR count). The second kappa shape index (κ2) is 9.17. The van der Waals surface area contributed by atoms with Crippen molar-refractivity contribution in [3.8, 4) is 0 Å². The summed E-state index contributed by atoms with van der Waals surface area (Å²) in [6.07, 6.45) is 0.624. The van der Waals surface area contributed by atoms with Crippen molar-refractivity contribution in [3.63, 3.8) is 0 Å². The van der Waals surface area contributed by atoms with Crippen LogP contribution in [0.5, 0.6) is 0 Å². The zero-order valence-electron chi connectivity index (χ0n) is 13.8. The topological polar surface area (TPSA) is 94.5 Å². The molecule has 0 bridgehead atoms. The van der Waals surface area contributed by atoms with Crippen LogP contribution in [0.25, 0.3) is 0 Å². The Morgan fingerprint density at radius 1 is 1.12 bits per heavy atom. The fraction of sp³-hybridized carbons (Fsp3) is 0.933. The third kappa shape index (κ3) is 4.30. The molecule has 0 spiro atoms. The van der Waals surface area contributed by atoms with Crippen LogP contribution >= 0.6 is 12.4 Å². The summed E-state index contributed by atoms with van der Waals surface area (Å²) in [5.74, 6) is 0. The number of aliphatic hydroxyl groups is 2. The average Bonchev–Trinajstić information content (AvgIpc) is 3.20. The number of carbonyl (C=O) groups excluding carboxylic acids is 1. The molecule has 0 aromatic carbocycles. The molecular formula is C15H28ClN3O5. The standard InChI is InChI=1S/C15H27N3O5.ClH/c19-10-12-14(20)13(17-3-1-2-4-17)11(23-12)9-16-15(21)18-5-7-22-8-6-18;/h11-14,19-20H,1-10H2,(H,16,21);1H/t11-,12+,13+,14-;/m1./s1. The smallest absolute Gasteiger partial charge is 0.317 e. The Bertz CT molecular complexity index is 405. The average molecular weight is 366 g/mol. The number of rotatable bonds is 4. The summed E-state index contributed by atoms with van der Waals surface area (Å²) >= 11 is 0. The first-order chi connectivity index (χ1) is 11.2. The Hall–Kier alpha value is -0.640. The number of carbonyl (C=O) groups is 1. The summed E-state index contributed by atoms with van der Waals surface area (Å²) in [6, 6.07) is -0.293. The Balaban J connectivity index is 0.00000208. The fourth-order valence-electron chi connectivity index (χ4n) is 3.70. The predicted molar refractivity (Wildman–Crippen MR) is 89.4 cm³/mol. The normalized spacial score (nSPS) is 34.2. The Kier molecular flexibility index (Phi) is 7.52. The van der Waals surface area contributed by atoms with E-state index in [0.29, 0.717) is 32.8 Å². The van der Waals surface area contributed by atoms with Crippen LogP contribution < -0.4 is 5.32 Å². The summed E-state index contributed by atoms with van der Waals surface area (Å²) in [6.45, 7) is 4.30. The molecule has 24 heavy (non-hydrogen) atoms. The Morgan fingerprint density at radius 3 is 2.42 bits per heavy atom. The zero-order valence-corrected chi connectivity index (χ0v) is 14.6. The minimum atomic E-state index is -0.719. The van der Waals surface area contributed by atoms with Crippen molar-refractivity contribution in [2.45, 2.75) is 37.2 Å². The Labute approximate surface area is 148 Å². The molecule has 8 nitrogen and oxygen atoms in total. The van der Waals surface area contributed by atoms with Crippen LogP contribution in [0.15, 0.2) is 0 Å². The summed E-state index contributed by atoms with van der Waals surface area (Å²) < 4.78 is 11.0. The number of nitrogens with zero attached hydrogens (tertiary/aromatic N) is 2. The number of urea groups is 1. The molecule has 9 heteroatoms. The molecule has 0 radical (unpaired) electrons. The molecule has 3 aliphatic heterocycles. The van der Waals surface area contributed by atoms with Gasteiger partial charge in [0.1, 0.15) is 12.2 Å². The lowest BCUT2D eigenvalue weighted by molar-refractivity contribution is -0.0211. The largest absolute Gasteiger partial charge is 0.394 e. The molecule has 0 aromatic heterocycles. The predicted octanol–water partition coefficient (Wildman–Crippen LogP) is -0.965. The van der Waals surface area contributed by atoms with Crippen molar-refractivity contribution < 1.29 is 24.5 Å². The summed E-state index contributed by atoms with van der Waals surface area (Å²) in [5.41, 5.74) is 0. The van der Waals surface area contributed by atoms with Crippen molar-refractivity contribution in [1.29, 1.82) is 0 Å². The van der Waals surface area contributed by atoms with E-state index >= 15 is 0 Å². The highest BCUT2D eigenvalue weighted by atomic mass is 35.5. The van der Waals surface area contributed by atoms with Crippen molar-refractivity contribution in [2.24, 2.45) is 0 Å². The number of halogens is 1. The maximum absolute atomic E-state index is 12.2.